The first-order valence-corrected chi connectivity index (χ1v) is 6.43. The van der Waals surface area contributed by atoms with Crippen molar-refractivity contribution in [3.8, 4) is 0 Å². The Hall–Kier alpha value is -0.940. The number of carbonyl (C=O) groups excluding carboxylic acids is 1. The van der Waals surface area contributed by atoms with Crippen LogP contribution in [0.5, 0.6) is 0 Å². The maximum atomic E-state index is 11.8. The molecular formula is C12H17BrN2O2. The minimum absolute atomic E-state index is 0.173. The van der Waals surface area contributed by atoms with Crippen LogP contribution < -0.4 is 5.32 Å². The zero-order valence-corrected chi connectivity index (χ0v) is 11.6. The number of aliphatic hydroxyl groups is 1. The molecule has 1 atom stereocenters. The second kappa shape index (κ2) is 6.71. The van der Waals surface area contributed by atoms with Gasteiger partial charge in [-0.25, -0.2) is 4.98 Å². The fraction of sp³-hybridized carbons (Fsp3) is 0.500. The molecule has 5 heteroatoms. The number of hydrogen-bond acceptors (Lipinski definition) is 3. The van der Waals surface area contributed by atoms with Gasteiger partial charge in [0.2, 0.25) is 0 Å². The first-order chi connectivity index (χ1) is 8.04. The van der Waals surface area contributed by atoms with Crippen LogP contribution in [0.25, 0.3) is 0 Å². The van der Waals surface area contributed by atoms with Crippen LogP contribution in [0, 0.1) is 6.92 Å². The van der Waals surface area contributed by atoms with Crippen molar-refractivity contribution in [2.45, 2.75) is 32.8 Å². The highest BCUT2D eigenvalue weighted by Gasteiger charge is 2.11. The van der Waals surface area contributed by atoms with Crippen LogP contribution in [0.3, 0.4) is 0 Å². The molecule has 0 saturated carbocycles. The molecule has 2 N–H and O–H groups in total. The molecular weight excluding hydrogens is 284 g/mol. The van der Waals surface area contributed by atoms with Crippen molar-refractivity contribution in [3.63, 3.8) is 0 Å². The predicted octanol–water partition coefficient (Wildman–Crippen LogP) is 2.04. The van der Waals surface area contributed by atoms with Gasteiger partial charge in [0.05, 0.1) is 11.7 Å². The number of halogens is 1. The number of hydrogen-bond donors (Lipinski definition) is 2. The van der Waals surface area contributed by atoms with E-state index in [9.17, 15) is 9.90 Å². The molecule has 1 aromatic heterocycles. The van der Waals surface area contributed by atoms with Crippen LogP contribution in [0.2, 0.25) is 0 Å². The summed E-state index contributed by atoms with van der Waals surface area (Å²) in [5.74, 6) is -0.173. The third-order valence-corrected chi connectivity index (χ3v) is 3.07. The van der Waals surface area contributed by atoms with Gasteiger partial charge in [-0.1, -0.05) is 6.92 Å². The van der Waals surface area contributed by atoms with Crippen LogP contribution in [0.4, 0.5) is 0 Å². The molecule has 1 unspecified atom stereocenters. The number of carbonyl (C=O) groups is 1. The summed E-state index contributed by atoms with van der Waals surface area (Å²) in [6.45, 7) is 4.24. The van der Waals surface area contributed by atoms with Crippen LogP contribution >= 0.6 is 15.9 Å². The van der Waals surface area contributed by atoms with Crippen LogP contribution in [0.15, 0.2) is 16.7 Å². The Kier molecular flexibility index (Phi) is 5.58. The van der Waals surface area contributed by atoms with Gasteiger partial charge in [-0.15, -0.1) is 0 Å². The summed E-state index contributed by atoms with van der Waals surface area (Å²) in [5.41, 5.74) is 1.37. The molecule has 0 radical (unpaired) electrons. The molecule has 1 aromatic rings. The van der Waals surface area contributed by atoms with Gasteiger partial charge >= 0.3 is 0 Å². The van der Waals surface area contributed by atoms with Crippen molar-refractivity contribution in [2.24, 2.45) is 0 Å². The molecule has 94 valence electrons. The number of aliphatic hydroxyl groups excluding tert-OH is 1. The van der Waals surface area contributed by atoms with Crippen molar-refractivity contribution in [3.05, 3.63) is 28.0 Å². The number of nitrogens with one attached hydrogen (secondary N) is 1. The highest BCUT2D eigenvalue weighted by atomic mass is 79.9. The van der Waals surface area contributed by atoms with E-state index in [1.54, 1.807) is 12.1 Å². The zero-order chi connectivity index (χ0) is 12.8. The molecule has 0 aliphatic carbocycles. The quantitative estimate of drug-likeness (QED) is 0.818. The van der Waals surface area contributed by atoms with Gasteiger partial charge < -0.3 is 10.4 Å². The lowest BCUT2D eigenvalue weighted by Gasteiger charge is -2.09. The summed E-state index contributed by atoms with van der Waals surface area (Å²) in [6.07, 6.45) is 0.917. The Balaban J connectivity index is 2.52. The van der Waals surface area contributed by atoms with E-state index in [2.05, 4.69) is 26.2 Å². The van der Waals surface area contributed by atoms with E-state index >= 15 is 0 Å². The van der Waals surface area contributed by atoms with Crippen molar-refractivity contribution in [2.75, 3.05) is 6.54 Å². The molecule has 1 heterocycles. The first kappa shape index (κ1) is 14.1. The Bertz CT molecular complexity index is 396. The van der Waals surface area contributed by atoms with Crippen molar-refractivity contribution in [1.29, 1.82) is 0 Å². The maximum Gasteiger partial charge on any atom is 0.254 e. The summed E-state index contributed by atoms with van der Waals surface area (Å²) in [7, 11) is 0. The SMILES string of the molecule is CCC(O)CCNC(=O)c1ccc(C)nc1Br. The minimum Gasteiger partial charge on any atom is -0.393 e. The van der Waals surface area contributed by atoms with Gasteiger partial charge in [0.25, 0.3) is 5.91 Å². The second-order valence-electron chi connectivity index (χ2n) is 3.90. The summed E-state index contributed by atoms with van der Waals surface area (Å²) < 4.78 is 0.547. The monoisotopic (exact) mass is 300 g/mol. The fourth-order valence-electron chi connectivity index (χ4n) is 1.35. The number of amides is 1. The summed E-state index contributed by atoms with van der Waals surface area (Å²) in [5, 5.41) is 12.1. The van der Waals surface area contributed by atoms with Gasteiger partial charge in [-0.2, -0.15) is 0 Å². The number of nitrogens with zero attached hydrogens (tertiary/aromatic N) is 1. The van der Waals surface area contributed by atoms with E-state index in [0.29, 0.717) is 29.6 Å². The molecule has 0 aliphatic rings. The first-order valence-electron chi connectivity index (χ1n) is 5.64. The molecule has 0 aromatic carbocycles. The summed E-state index contributed by atoms with van der Waals surface area (Å²) >= 11 is 3.26. The molecule has 0 aliphatic heterocycles. The van der Waals surface area contributed by atoms with Crippen molar-refractivity contribution >= 4 is 21.8 Å². The number of aryl methyl sites for hydroxylation is 1. The van der Waals surface area contributed by atoms with Gasteiger partial charge in [-0.3, -0.25) is 4.79 Å². The van der Waals surface area contributed by atoms with Crippen LogP contribution in [-0.4, -0.2) is 28.6 Å². The van der Waals surface area contributed by atoms with Gasteiger partial charge in [0.1, 0.15) is 4.60 Å². The normalized spacial score (nSPS) is 12.2. The minimum atomic E-state index is -0.352. The lowest BCUT2D eigenvalue weighted by Crippen LogP contribution is -2.27. The molecule has 0 bridgehead atoms. The third kappa shape index (κ3) is 4.44. The topological polar surface area (TPSA) is 62.2 Å². The van der Waals surface area contributed by atoms with E-state index in [4.69, 9.17) is 0 Å². The highest BCUT2D eigenvalue weighted by molar-refractivity contribution is 9.10. The molecule has 0 spiro atoms. The number of rotatable bonds is 5. The van der Waals surface area contributed by atoms with Gasteiger partial charge in [0, 0.05) is 12.2 Å². The van der Waals surface area contributed by atoms with Crippen LogP contribution in [-0.2, 0) is 0 Å². The summed E-state index contributed by atoms with van der Waals surface area (Å²) in [6, 6.07) is 3.53. The van der Waals surface area contributed by atoms with E-state index in [0.717, 1.165) is 5.69 Å². The van der Waals surface area contributed by atoms with Crippen molar-refractivity contribution < 1.29 is 9.90 Å². The smallest absolute Gasteiger partial charge is 0.254 e. The number of pyridine rings is 1. The average Bonchev–Trinajstić information content (AvgIpc) is 2.28. The Morgan fingerprint density at radius 3 is 2.88 bits per heavy atom. The van der Waals surface area contributed by atoms with Gasteiger partial charge in [-0.05, 0) is 47.8 Å². The molecule has 17 heavy (non-hydrogen) atoms. The fourth-order valence-corrected chi connectivity index (χ4v) is 1.94. The largest absolute Gasteiger partial charge is 0.393 e. The summed E-state index contributed by atoms with van der Waals surface area (Å²) in [4.78, 5) is 15.9. The molecule has 0 saturated heterocycles. The zero-order valence-electron chi connectivity index (χ0n) is 10.0. The Morgan fingerprint density at radius 1 is 1.59 bits per heavy atom. The Labute approximate surface area is 110 Å². The predicted molar refractivity (Wildman–Crippen MR) is 69.9 cm³/mol. The second-order valence-corrected chi connectivity index (χ2v) is 4.65. The molecule has 1 amide bonds. The molecule has 1 rings (SSSR count). The van der Waals surface area contributed by atoms with E-state index in [1.807, 2.05) is 13.8 Å². The highest BCUT2D eigenvalue weighted by Crippen LogP contribution is 2.14. The van der Waals surface area contributed by atoms with E-state index in [-0.39, 0.29) is 12.0 Å². The standard InChI is InChI=1S/C12H17BrN2O2/c1-3-9(16)6-7-14-12(17)10-5-4-8(2)15-11(10)13/h4-5,9,16H,3,6-7H2,1-2H3,(H,14,17). The molecule has 0 fully saturated rings. The third-order valence-electron chi connectivity index (χ3n) is 2.47. The van der Waals surface area contributed by atoms with Gasteiger partial charge in [0.15, 0.2) is 0 Å². The van der Waals surface area contributed by atoms with E-state index in [1.165, 1.54) is 0 Å². The number of aromatic nitrogens is 1. The van der Waals surface area contributed by atoms with E-state index < -0.39 is 0 Å². The van der Waals surface area contributed by atoms with Crippen molar-refractivity contribution in [1.82, 2.24) is 10.3 Å². The lowest BCUT2D eigenvalue weighted by molar-refractivity contribution is 0.0941. The lowest BCUT2D eigenvalue weighted by atomic mass is 10.2. The Morgan fingerprint density at radius 2 is 2.29 bits per heavy atom. The maximum absolute atomic E-state index is 11.8. The average molecular weight is 301 g/mol. The van der Waals surface area contributed by atoms with Crippen LogP contribution in [0.1, 0.15) is 35.8 Å². The molecule has 4 nitrogen and oxygen atoms in total.